The van der Waals surface area contributed by atoms with E-state index in [-0.39, 0.29) is 6.09 Å². The Kier molecular flexibility index (Phi) is 4.23. The van der Waals surface area contributed by atoms with Gasteiger partial charge in [0.25, 0.3) is 0 Å². The lowest BCUT2D eigenvalue weighted by atomic mass is 10.2. The van der Waals surface area contributed by atoms with E-state index in [0.717, 1.165) is 29.0 Å². The summed E-state index contributed by atoms with van der Waals surface area (Å²) >= 11 is 3.49. The first-order valence-electron chi connectivity index (χ1n) is 7.69. The molecule has 1 aliphatic heterocycles. The lowest BCUT2D eigenvalue weighted by Crippen LogP contribution is -2.50. The molecule has 6 nitrogen and oxygen atoms in total. The Morgan fingerprint density at radius 3 is 2.57 bits per heavy atom. The second-order valence-corrected chi connectivity index (χ2v) is 7.46. The van der Waals surface area contributed by atoms with E-state index in [0.29, 0.717) is 13.1 Å². The van der Waals surface area contributed by atoms with Crippen LogP contribution < -0.4 is 4.90 Å². The molecule has 0 unspecified atom stereocenters. The molecule has 1 saturated heterocycles. The van der Waals surface area contributed by atoms with E-state index in [2.05, 4.69) is 38.1 Å². The molecule has 0 spiro atoms. The molecule has 0 aromatic carbocycles. The van der Waals surface area contributed by atoms with Gasteiger partial charge in [-0.05, 0) is 48.8 Å². The van der Waals surface area contributed by atoms with Crippen LogP contribution in [0.3, 0.4) is 0 Å². The van der Waals surface area contributed by atoms with Crippen molar-refractivity contribution in [3.05, 3.63) is 29.1 Å². The molecular weight excluding hydrogens is 360 g/mol. The summed E-state index contributed by atoms with van der Waals surface area (Å²) in [7, 11) is 0. The van der Waals surface area contributed by atoms with Crippen molar-refractivity contribution in [2.24, 2.45) is 0 Å². The zero-order valence-corrected chi connectivity index (χ0v) is 15.2. The van der Waals surface area contributed by atoms with Gasteiger partial charge in [-0.1, -0.05) is 0 Å². The molecule has 1 aliphatic rings. The number of piperazine rings is 1. The number of halogens is 1. The quantitative estimate of drug-likeness (QED) is 0.762. The Hall–Kier alpha value is -1.76. The number of nitrogens with zero attached hydrogens (tertiary/aromatic N) is 4. The molecule has 0 saturated carbocycles. The summed E-state index contributed by atoms with van der Waals surface area (Å²) in [6, 6.07) is 4.07. The molecule has 0 aliphatic carbocycles. The lowest BCUT2D eigenvalue weighted by Gasteiger charge is -2.36. The van der Waals surface area contributed by atoms with Gasteiger partial charge in [-0.2, -0.15) is 0 Å². The maximum Gasteiger partial charge on any atom is 0.410 e. The lowest BCUT2D eigenvalue weighted by molar-refractivity contribution is 0.0240. The van der Waals surface area contributed by atoms with Crippen LogP contribution >= 0.6 is 15.9 Å². The molecular formula is C16H21BrN4O2. The first kappa shape index (κ1) is 16.1. The number of imidazole rings is 1. The van der Waals surface area contributed by atoms with E-state index in [4.69, 9.17) is 4.74 Å². The molecule has 23 heavy (non-hydrogen) atoms. The molecule has 3 heterocycles. The van der Waals surface area contributed by atoms with Gasteiger partial charge in [-0.3, -0.25) is 4.40 Å². The topological polar surface area (TPSA) is 50.1 Å². The highest BCUT2D eigenvalue weighted by Crippen LogP contribution is 2.21. The third-order valence-corrected chi connectivity index (χ3v) is 4.33. The maximum absolute atomic E-state index is 12.1. The number of anilines is 1. The normalized spacial score (nSPS) is 16.0. The van der Waals surface area contributed by atoms with Crippen LogP contribution in [-0.4, -0.2) is 52.2 Å². The van der Waals surface area contributed by atoms with Crippen molar-refractivity contribution in [1.29, 1.82) is 0 Å². The average Bonchev–Trinajstić information content (AvgIpc) is 2.87. The SMILES string of the molecule is CC(C)(C)OC(=O)N1CCN(c2ccc3ncc(Br)n3c2)CC1. The number of hydrogen-bond donors (Lipinski definition) is 0. The fraction of sp³-hybridized carbons (Fsp3) is 0.500. The number of rotatable bonds is 1. The monoisotopic (exact) mass is 380 g/mol. The highest BCUT2D eigenvalue weighted by atomic mass is 79.9. The van der Waals surface area contributed by atoms with Crippen LogP contribution in [0.25, 0.3) is 5.65 Å². The number of aromatic nitrogens is 2. The van der Waals surface area contributed by atoms with Crippen molar-refractivity contribution in [3.63, 3.8) is 0 Å². The van der Waals surface area contributed by atoms with Crippen LogP contribution in [0.15, 0.2) is 29.1 Å². The summed E-state index contributed by atoms with van der Waals surface area (Å²) in [5.74, 6) is 0. The van der Waals surface area contributed by atoms with Crippen molar-refractivity contribution < 1.29 is 9.53 Å². The molecule has 0 N–H and O–H groups in total. The van der Waals surface area contributed by atoms with Crippen LogP contribution in [0, 0.1) is 0 Å². The van der Waals surface area contributed by atoms with Gasteiger partial charge in [0.05, 0.1) is 11.9 Å². The van der Waals surface area contributed by atoms with Crippen LogP contribution in [0.1, 0.15) is 20.8 Å². The van der Waals surface area contributed by atoms with Crippen LogP contribution in [0.5, 0.6) is 0 Å². The van der Waals surface area contributed by atoms with Crippen LogP contribution in [0.2, 0.25) is 0 Å². The first-order chi connectivity index (χ1) is 10.8. The van der Waals surface area contributed by atoms with E-state index in [1.807, 2.05) is 31.2 Å². The summed E-state index contributed by atoms with van der Waals surface area (Å²) < 4.78 is 8.37. The number of amides is 1. The second kappa shape index (κ2) is 6.03. The predicted molar refractivity (Wildman–Crippen MR) is 92.9 cm³/mol. The minimum absolute atomic E-state index is 0.232. The molecule has 1 amide bonds. The minimum atomic E-state index is -0.451. The van der Waals surface area contributed by atoms with Gasteiger partial charge in [0.2, 0.25) is 0 Å². The Labute approximate surface area is 144 Å². The smallest absolute Gasteiger partial charge is 0.410 e. The van der Waals surface area contributed by atoms with Crippen molar-refractivity contribution in [2.75, 3.05) is 31.1 Å². The van der Waals surface area contributed by atoms with Crippen molar-refractivity contribution >= 4 is 33.4 Å². The number of carbonyl (C=O) groups is 1. The molecule has 1 fully saturated rings. The number of carbonyl (C=O) groups excluding carboxylic acids is 1. The van der Waals surface area contributed by atoms with E-state index < -0.39 is 5.60 Å². The van der Waals surface area contributed by atoms with Crippen molar-refractivity contribution in [1.82, 2.24) is 14.3 Å². The van der Waals surface area contributed by atoms with Gasteiger partial charge in [-0.25, -0.2) is 9.78 Å². The highest BCUT2D eigenvalue weighted by Gasteiger charge is 2.26. The Bertz CT molecular complexity index is 714. The fourth-order valence-electron chi connectivity index (χ4n) is 2.60. The standard InChI is InChI=1S/C16H21BrN4O2/c1-16(2,3)23-15(22)20-8-6-19(7-9-20)12-4-5-14-18-10-13(17)21(14)11-12/h4-5,10-11H,6-9H2,1-3H3. The van der Waals surface area contributed by atoms with E-state index in [1.165, 1.54) is 0 Å². The molecule has 2 aromatic rings. The largest absolute Gasteiger partial charge is 0.444 e. The van der Waals surface area contributed by atoms with E-state index in [1.54, 1.807) is 11.1 Å². The third-order valence-electron chi connectivity index (χ3n) is 3.74. The Morgan fingerprint density at radius 1 is 1.22 bits per heavy atom. The number of ether oxygens (including phenoxy) is 1. The zero-order chi connectivity index (χ0) is 16.6. The summed E-state index contributed by atoms with van der Waals surface area (Å²) in [6.45, 7) is 8.57. The first-order valence-corrected chi connectivity index (χ1v) is 8.48. The van der Waals surface area contributed by atoms with Gasteiger partial charge < -0.3 is 14.5 Å². The Balaban J connectivity index is 1.66. The molecule has 3 rings (SSSR count). The van der Waals surface area contributed by atoms with Crippen molar-refractivity contribution in [2.45, 2.75) is 26.4 Å². The Morgan fingerprint density at radius 2 is 1.91 bits per heavy atom. The van der Waals surface area contributed by atoms with Crippen LogP contribution in [-0.2, 0) is 4.74 Å². The highest BCUT2D eigenvalue weighted by molar-refractivity contribution is 9.10. The number of fused-ring (bicyclic) bond motifs is 1. The van der Waals surface area contributed by atoms with E-state index >= 15 is 0 Å². The summed E-state index contributed by atoms with van der Waals surface area (Å²) in [4.78, 5) is 20.5. The molecule has 2 aromatic heterocycles. The van der Waals surface area contributed by atoms with Gasteiger partial charge in [0, 0.05) is 32.4 Å². The van der Waals surface area contributed by atoms with Crippen LogP contribution in [0.4, 0.5) is 10.5 Å². The van der Waals surface area contributed by atoms with E-state index in [9.17, 15) is 4.79 Å². The molecule has 0 radical (unpaired) electrons. The van der Waals surface area contributed by atoms with Crippen molar-refractivity contribution in [3.8, 4) is 0 Å². The van der Waals surface area contributed by atoms with Gasteiger partial charge in [0.1, 0.15) is 15.9 Å². The molecule has 124 valence electrons. The molecule has 0 atom stereocenters. The van der Waals surface area contributed by atoms with Gasteiger partial charge in [-0.15, -0.1) is 0 Å². The minimum Gasteiger partial charge on any atom is -0.444 e. The fourth-order valence-corrected chi connectivity index (χ4v) is 2.99. The molecule has 0 bridgehead atoms. The summed E-state index contributed by atoms with van der Waals surface area (Å²) in [6.07, 6.45) is 3.62. The third kappa shape index (κ3) is 3.60. The van der Waals surface area contributed by atoms with Gasteiger partial charge in [0.15, 0.2) is 0 Å². The predicted octanol–water partition coefficient (Wildman–Crippen LogP) is 3.15. The van der Waals surface area contributed by atoms with Gasteiger partial charge >= 0.3 is 6.09 Å². The maximum atomic E-state index is 12.1. The number of hydrogen-bond acceptors (Lipinski definition) is 4. The summed E-state index contributed by atoms with van der Waals surface area (Å²) in [5, 5.41) is 0. The number of pyridine rings is 1. The molecule has 7 heteroatoms. The zero-order valence-electron chi connectivity index (χ0n) is 13.6. The summed E-state index contributed by atoms with van der Waals surface area (Å²) in [5.41, 5.74) is 1.58. The average molecular weight is 381 g/mol. The second-order valence-electron chi connectivity index (χ2n) is 6.65.